The molecule has 1 saturated heterocycles. The average molecular weight is 342 g/mol. The number of hydroxylamine groups is 2. The number of hydrogen-bond acceptors (Lipinski definition) is 5. The first kappa shape index (κ1) is 18.0. The van der Waals surface area contributed by atoms with E-state index < -0.39 is 17.9 Å². The van der Waals surface area contributed by atoms with E-state index in [0.29, 0.717) is 18.1 Å². The minimum Gasteiger partial charge on any atom is -0.427 e. The van der Waals surface area contributed by atoms with E-state index in [9.17, 15) is 9.90 Å². The SMILES string of the molecule is CC(C)(C)OC(=O)ON1CCC(C(O)c2ccc(Cl)cc2)CC1. The van der Waals surface area contributed by atoms with Crippen LogP contribution in [-0.2, 0) is 9.57 Å². The molecule has 0 spiro atoms. The molecule has 0 bridgehead atoms. The zero-order valence-electron chi connectivity index (χ0n) is 13.8. The van der Waals surface area contributed by atoms with Gasteiger partial charge in [-0.3, -0.25) is 0 Å². The molecule has 1 aromatic rings. The highest BCUT2D eigenvalue weighted by Crippen LogP contribution is 2.31. The third-order valence-electron chi connectivity index (χ3n) is 3.75. The molecule has 1 N–H and O–H groups in total. The topological polar surface area (TPSA) is 59.0 Å². The van der Waals surface area contributed by atoms with Gasteiger partial charge in [-0.1, -0.05) is 23.7 Å². The van der Waals surface area contributed by atoms with Crippen LogP contribution in [0.5, 0.6) is 0 Å². The van der Waals surface area contributed by atoms with Crippen molar-refractivity contribution >= 4 is 17.8 Å². The summed E-state index contributed by atoms with van der Waals surface area (Å²) in [6.07, 6.45) is 0.268. The number of benzene rings is 1. The molecule has 128 valence electrons. The van der Waals surface area contributed by atoms with E-state index >= 15 is 0 Å². The van der Waals surface area contributed by atoms with Crippen LogP contribution >= 0.6 is 11.6 Å². The number of piperidine rings is 1. The van der Waals surface area contributed by atoms with Gasteiger partial charge >= 0.3 is 6.16 Å². The van der Waals surface area contributed by atoms with Crippen LogP contribution in [0.4, 0.5) is 4.79 Å². The Morgan fingerprint density at radius 1 is 1.26 bits per heavy atom. The monoisotopic (exact) mass is 341 g/mol. The first-order valence-electron chi connectivity index (χ1n) is 7.84. The second-order valence-electron chi connectivity index (χ2n) is 6.82. The van der Waals surface area contributed by atoms with Crippen LogP contribution in [0.25, 0.3) is 0 Å². The third kappa shape index (κ3) is 5.68. The highest BCUT2D eigenvalue weighted by atomic mass is 35.5. The molecule has 0 aliphatic carbocycles. The van der Waals surface area contributed by atoms with Crippen LogP contribution < -0.4 is 0 Å². The van der Waals surface area contributed by atoms with Crippen molar-refractivity contribution in [2.75, 3.05) is 13.1 Å². The average Bonchev–Trinajstić information content (AvgIpc) is 2.46. The number of ether oxygens (including phenoxy) is 1. The van der Waals surface area contributed by atoms with Crippen molar-refractivity contribution in [1.29, 1.82) is 0 Å². The first-order valence-corrected chi connectivity index (χ1v) is 8.22. The molecule has 0 aromatic heterocycles. The zero-order chi connectivity index (χ0) is 17.0. The number of carbonyl (C=O) groups is 1. The minimum absolute atomic E-state index is 0.134. The van der Waals surface area contributed by atoms with E-state index in [1.165, 1.54) is 0 Å². The fourth-order valence-electron chi connectivity index (χ4n) is 2.59. The van der Waals surface area contributed by atoms with Gasteiger partial charge in [0.25, 0.3) is 0 Å². The van der Waals surface area contributed by atoms with Crippen LogP contribution in [0.15, 0.2) is 24.3 Å². The van der Waals surface area contributed by atoms with E-state index in [4.69, 9.17) is 21.2 Å². The Morgan fingerprint density at radius 2 is 1.83 bits per heavy atom. The van der Waals surface area contributed by atoms with Gasteiger partial charge in [-0.15, -0.1) is 5.06 Å². The minimum atomic E-state index is -0.686. The summed E-state index contributed by atoms with van der Waals surface area (Å²) in [6.45, 7) is 6.54. The van der Waals surface area contributed by atoms with E-state index in [-0.39, 0.29) is 5.92 Å². The van der Waals surface area contributed by atoms with E-state index in [1.54, 1.807) is 38.0 Å². The molecule has 1 unspecified atom stereocenters. The predicted octanol–water partition coefficient (Wildman–Crippen LogP) is 3.95. The van der Waals surface area contributed by atoms with E-state index in [1.807, 2.05) is 12.1 Å². The number of carbonyl (C=O) groups excluding carboxylic acids is 1. The van der Waals surface area contributed by atoms with Crippen molar-refractivity contribution in [3.63, 3.8) is 0 Å². The molecule has 1 aliphatic heterocycles. The normalized spacial score (nSPS) is 18.5. The number of hydrogen-bond donors (Lipinski definition) is 1. The largest absolute Gasteiger partial charge is 0.528 e. The number of aliphatic hydroxyl groups excluding tert-OH is 1. The number of nitrogens with zero attached hydrogens (tertiary/aromatic N) is 1. The first-order chi connectivity index (χ1) is 10.7. The summed E-state index contributed by atoms with van der Waals surface area (Å²) in [5.74, 6) is 0.134. The maximum absolute atomic E-state index is 11.6. The van der Waals surface area contributed by atoms with Crippen molar-refractivity contribution in [2.24, 2.45) is 5.92 Å². The van der Waals surface area contributed by atoms with Gasteiger partial charge in [0.1, 0.15) is 5.60 Å². The Kier molecular flexibility index (Phi) is 5.89. The lowest BCUT2D eigenvalue weighted by Gasteiger charge is -2.33. The summed E-state index contributed by atoms with van der Waals surface area (Å²) in [7, 11) is 0. The number of aliphatic hydroxyl groups is 1. The van der Waals surface area contributed by atoms with Gasteiger partial charge in [0.2, 0.25) is 0 Å². The summed E-state index contributed by atoms with van der Waals surface area (Å²) >= 11 is 5.87. The van der Waals surface area contributed by atoms with Crippen molar-refractivity contribution < 1.29 is 19.5 Å². The lowest BCUT2D eigenvalue weighted by molar-refractivity contribution is -0.159. The molecule has 5 nitrogen and oxygen atoms in total. The van der Waals surface area contributed by atoms with Crippen LogP contribution in [0.3, 0.4) is 0 Å². The Balaban J connectivity index is 1.81. The van der Waals surface area contributed by atoms with Gasteiger partial charge in [0.15, 0.2) is 0 Å². The van der Waals surface area contributed by atoms with Gasteiger partial charge in [0.05, 0.1) is 6.10 Å². The highest BCUT2D eigenvalue weighted by Gasteiger charge is 2.29. The van der Waals surface area contributed by atoms with E-state index in [2.05, 4.69) is 0 Å². The molecule has 1 atom stereocenters. The summed E-state index contributed by atoms with van der Waals surface area (Å²) < 4.78 is 5.13. The van der Waals surface area contributed by atoms with Crippen LogP contribution in [0, 0.1) is 5.92 Å². The Labute approximate surface area is 142 Å². The molecule has 0 radical (unpaired) electrons. The highest BCUT2D eigenvalue weighted by molar-refractivity contribution is 6.30. The summed E-state index contributed by atoms with van der Waals surface area (Å²) in [4.78, 5) is 16.8. The second-order valence-corrected chi connectivity index (χ2v) is 7.25. The van der Waals surface area contributed by atoms with Gasteiger partial charge in [-0.25, -0.2) is 4.79 Å². The molecule has 0 saturated carbocycles. The molecular formula is C17H24ClNO4. The maximum Gasteiger partial charge on any atom is 0.528 e. The lowest BCUT2D eigenvalue weighted by Crippen LogP contribution is -2.38. The molecule has 0 amide bonds. The molecular weight excluding hydrogens is 318 g/mol. The standard InChI is InChI=1S/C17H24ClNO4/c1-17(2,3)22-16(21)23-19-10-8-13(9-11-19)15(20)12-4-6-14(18)7-5-12/h4-7,13,15,20H,8-11H2,1-3H3. The Hall–Kier alpha value is -1.30. The molecule has 6 heteroatoms. The Bertz CT molecular complexity index is 518. The summed E-state index contributed by atoms with van der Waals surface area (Å²) in [5.41, 5.74) is 0.293. The van der Waals surface area contributed by atoms with Gasteiger partial charge in [0, 0.05) is 18.1 Å². The van der Waals surface area contributed by atoms with Crippen LogP contribution in [0.1, 0.15) is 45.3 Å². The molecule has 2 rings (SSSR count). The molecule has 1 aromatic carbocycles. The van der Waals surface area contributed by atoms with Crippen molar-refractivity contribution in [2.45, 2.75) is 45.3 Å². The third-order valence-corrected chi connectivity index (χ3v) is 4.00. The van der Waals surface area contributed by atoms with Crippen LogP contribution in [0.2, 0.25) is 5.02 Å². The molecule has 23 heavy (non-hydrogen) atoms. The molecule has 1 aliphatic rings. The second kappa shape index (κ2) is 7.51. The lowest BCUT2D eigenvalue weighted by atomic mass is 9.88. The van der Waals surface area contributed by atoms with Gasteiger partial charge in [-0.2, -0.15) is 0 Å². The van der Waals surface area contributed by atoms with Gasteiger partial charge in [-0.05, 0) is 57.2 Å². The fourth-order valence-corrected chi connectivity index (χ4v) is 2.71. The smallest absolute Gasteiger partial charge is 0.427 e. The molecule has 1 fully saturated rings. The number of halogens is 1. The molecule has 1 heterocycles. The Morgan fingerprint density at radius 3 is 2.35 bits per heavy atom. The number of rotatable bonds is 3. The maximum atomic E-state index is 11.6. The van der Waals surface area contributed by atoms with Crippen molar-refractivity contribution in [3.05, 3.63) is 34.9 Å². The van der Waals surface area contributed by atoms with Gasteiger partial charge < -0.3 is 14.7 Å². The van der Waals surface area contributed by atoms with Crippen molar-refractivity contribution in [3.8, 4) is 0 Å². The fraction of sp³-hybridized carbons (Fsp3) is 0.588. The van der Waals surface area contributed by atoms with Crippen molar-refractivity contribution in [1.82, 2.24) is 5.06 Å². The van der Waals surface area contributed by atoms with E-state index in [0.717, 1.165) is 18.4 Å². The quantitative estimate of drug-likeness (QED) is 0.843. The van der Waals surface area contributed by atoms with Crippen LogP contribution in [-0.4, -0.2) is 35.0 Å². The zero-order valence-corrected chi connectivity index (χ0v) is 14.5. The predicted molar refractivity (Wildman–Crippen MR) is 88.0 cm³/mol. The summed E-state index contributed by atoms with van der Waals surface area (Å²) in [5, 5.41) is 12.7. The summed E-state index contributed by atoms with van der Waals surface area (Å²) in [6, 6.07) is 7.24.